The Kier molecular flexibility index (Phi) is 5.78. The smallest absolute Gasteiger partial charge is 0.271 e. The number of amides is 2. The Hall–Kier alpha value is -2.82. The molecule has 2 aliphatic rings. The number of carbonyl (C=O) groups is 2. The summed E-state index contributed by atoms with van der Waals surface area (Å²) in [5.41, 5.74) is 3.63. The first-order valence-corrected chi connectivity index (χ1v) is 11.3. The number of anilines is 1. The van der Waals surface area contributed by atoms with Crippen molar-refractivity contribution in [3.63, 3.8) is 0 Å². The molecule has 1 saturated carbocycles. The highest BCUT2D eigenvalue weighted by atomic mass is 16.5. The fourth-order valence-electron chi connectivity index (χ4n) is 4.52. The van der Waals surface area contributed by atoms with E-state index in [1.165, 1.54) is 6.42 Å². The van der Waals surface area contributed by atoms with Crippen LogP contribution < -0.4 is 15.0 Å². The lowest BCUT2D eigenvalue weighted by atomic mass is 9.95. The van der Waals surface area contributed by atoms with Gasteiger partial charge in [0.25, 0.3) is 11.8 Å². The summed E-state index contributed by atoms with van der Waals surface area (Å²) in [6, 6.07) is 11.9. The first-order chi connectivity index (χ1) is 14.7. The number of rotatable bonds is 4. The van der Waals surface area contributed by atoms with Crippen LogP contribution in [0.2, 0.25) is 0 Å². The Morgan fingerprint density at radius 3 is 2.58 bits per heavy atom. The van der Waals surface area contributed by atoms with Crippen molar-refractivity contribution in [2.24, 2.45) is 0 Å². The number of aryl methyl sites for hydroxylation is 2. The van der Waals surface area contributed by atoms with Crippen LogP contribution in [0.5, 0.6) is 5.75 Å². The van der Waals surface area contributed by atoms with E-state index in [1.807, 2.05) is 6.07 Å². The van der Waals surface area contributed by atoms with Gasteiger partial charge in [0.15, 0.2) is 5.60 Å². The monoisotopic (exact) mass is 420 g/mol. The van der Waals surface area contributed by atoms with Gasteiger partial charge in [-0.25, -0.2) is 0 Å². The second kappa shape index (κ2) is 8.37. The fraction of sp³-hybridized carbons (Fsp3) is 0.462. The van der Waals surface area contributed by atoms with E-state index in [4.69, 9.17) is 4.74 Å². The van der Waals surface area contributed by atoms with Crippen LogP contribution in [-0.4, -0.2) is 23.5 Å². The maximum Gasteiger partial charge on any atom is 0.271 e. The molecule has 0 spiro atoms. The predicted octanol–water partition coefficient (Wildman–Crippen LogP) is 5.07. The molecule has 31 heavy (non-hydrogen) atoms. The minimum absolute atomic E-state index is 0.0846. The molecule has 5 heteroatoms. The van der Waals surface area contributed by atoms with Gasteiger partial charge in [-0.05, 0) is 69.9 Å². The number of nitrogens with one attached hydrogen (secondary N) is 1. The van der Waals surface area contributed by atoms with Gasteiger partial charge in [0.1, 0.15) is 5.75 Å². The van der Waals surface area contributed by atoms with Crippen LogP contribution in [0.4, 0.5) is 5.69 Å². The van der Waals surface area contributed by atoms with Gasteiger partial charge < -0.3 is 15.0 Å². The van der Waals surface area contributed by atoms with Crippen molar-refractivity contribution in [1.29, 1.82) is 0 Å². The minimum atomic E-state index is -0.962. The van der Waals surface area contributed by atoms with Crippen LogP contribution in [0.25, 0.3) is 0 Å². The zero-order valence-electron chi connectivity index (χ0n) is 19.0. The maximum absolute atomic E-state index is 13.3. The molecule has 2 aromatic rings. The van der Waals surface area contributed by atoms with Crippen molar-refractivity contribution in [2.45, 2.75) is 78.0 Å². The molecule has 4 rings (SSSR count). The quantitative estimate of drug-likeness (QED) is 0.751. The van der Waals surface area contributed by atoms with Crippen LogP contribution >= 0.6 is 0 Å². The third-order valence-electron chi connectivity index (χ3n) is 6.41. The van der Waals surface area contributed by atoms with E-state index in [9.17, 15) is 9.59 Å². The van der Waals surface area contributed by atoms with Crippen molar-refractivity contribution in [2.75, 3.05) is 4.90 Å². The summed E-state index contributed by atoms with van der Waals surface area (Å²) in [4.78, 5) is 28.0. The normalized spacial score (nSPS) is 18.3. The van der Waals surface area contributed by atoms with E-state index in [-0.39, 0.29) is 17.9 Å². The van der Waals surface area contributed by atoms with E-state index in [2.05, 4.69) is 37.4 Å². The molecular formula is C26H32N2O3. The second-order valence-electron chi connectivity index (χ2n) is 9.42. The Labute approximate surface area is 184 Å². The van der Waals surface area contributed by atoms with Gasteiger partial charge in [0.2, 0.25) is 0 Å². The topological polar surface area (TPSA) is 58.6 Å². The summed E-state index contributed by atoms with van der Waals surface area (Å²) in [6.07, 6.45) is 5.64. The Bertz CT molecular complexity index is 1010. The summed E-state index contributed by atoms with van der Waals surface area (Å²) in [5.74, 6) is 0.438. The molecule has 0 saturated heterocycles. The highest BCUT2D eigenvalue weighted by Crippen LogP contribution is 2.39. The van der Waals surface area contributed by atoms with Crippen molar-refractivity contribution >= 4 is 17.5 Å². The summed E-state index contributed by atoms with van der Waals surface area (Å²) in [5, 5.41) is 3.17. The molecule has 2 aromatic carbocycles. The summed E-state index contributed by atoms with van der Waals surface area (Å²) in [7, 11) is 0. The molecule has 164 valence electrons. The first kappa shape index (κ1) is 21.4. The number of nitrogens with zero attached hydrogens (tertiary/aromatic N) is 1. The molecule has 1 fully saturated rings. The number of ether oxygens (including phenoxy) is 1. The lowest BCUT2D eigenvalue weighted by Gasteiger charge is -2.39. The molecular weight excluding hydrogens is 388 g/mol. The largest absolute Gasteiger partial charge is 0.476 e. The van der Waals surface area contributed by atoms with E-state index in [0.29, 0.717) is 23.5 Å². The SMILES string of the molecule is Cc1ccc(C)c(CN2C(=O)C(C)(C)Oc3ccc(C(=O)NC4CCCCC4)cc32)c1. The van der Waals surface area contributed by atoms with E-state index in [0.717, 1.165) is 42.4 Å². The zero-order chi connectivity index (χ0) is 22.2. The molecule has 1 aliphatic heterocycles. The summed E-state index contributed by atoms with van der Waals surface area (Å²) >= 11 is 0. The van der Waals surface area contributed by atoms with E-state index < -0.39 is 5.60 Å². The highest BCUT2D eigenvalue weighted by molar-refractivity contribution is 6.04. The van der Waals surface area contributed by atoms with E-state index in [1.54, 1.807) is 30.9 Å². The fourth-order valence-corrected chi connectivity index (χ4v) is 4.52. The van der Waals surface area contributed by atoms with Crippen LogP contribution in [0.15, 0.2) is 36.4 Å². The van der Waals surface area contributed by atoms with Gasteiger partial charge in [-0.15, -0.1) is 0 Å². The van der Waals surface area contributed by atoms with Crippen LogP contribution in [-0.2, 0) is 11.3 Å². The van der Waals surface area contributed by atoms with Gasteiger partial charge in [0, 0.05) is 11.6 Å². The Balaban J connectivity index is 1.66. The van der Waals surface area contributed by atoms with Gasteiger partial charge in [-0.2, -0.15) is 0 Å². The van der Waals surface area contributed by atoms with Gasteiger partial charge in [0.05, 0.1) is 12.2 Å². The second-order valence-corrected chi connectivity index (χ2v) is 9.42. The highest BCUT2D eigenvalue weighted by Gasteiger charge is 2.41. The average Bonchev–Trinajstić information content (AvgIpc) is 2.74. The molecule has 1 N–H and O–H groups in total. The lowest BCUT2D eigenvalue weighted by Crippen LogP contribution is -2.52. The van der Waals surface area contributed by atoms with Crippen molar-refractivity contribution in [1.82, 2.24) is 5.32 Å². The molecule has 1 aliphatic carbocycles. The van der Waals surface area contributed by atoms with Crippen LogP contribution in [0, 0.1) is 13.8 Å². The number of benzene rings is 2. The third kappa shape index (κ3) is 4.46. The molecule has 0 aromatic heterocycles. The molecule has 1 heterocycles. The summed E-state index contributed by atoms with van der Waals surface area (Å²) < 4.78 is 6.02. The molecule has 0 unspecified atom stereocenters. The van der Waals surface area contributed by atoms with Crippen LogP contribution in [0.3, 0.4) is 0 Å². The average molecular weight is 421 g/mol. The Morgan fingerprint density at radius 2 is 1.84 bits per heavy atom. The van der Waals surface area contributed by atoms with Crippen molar-refractivity contribution < 1.29 is 14.3 Å². The van der Waals surface area contributed by atoms with Crippen molar-refractivity contribution in [3.05, 3.63) is 58.7 Å². The number of fused-ring (bicyclic) bond motifs is 1. The maximum atomic E-state index is 13.3. The van der Waals surface area contributed by atoms with Gasteiger partial charge >= 0.3 is 0 Å². The predicted molar refractivity (Wildman–Crippen MR) is 123 cm³/mol. The molecule has 0 atom stereocenters. The first-order valence-electron chi connectivity index (χ1n) is 11.3. The molecule has 2 amide bonds. The molecule has 5 nitrogen and oxygen atoms in total. The number of carbonyl (C=O) groups excluding carboxylic acids is 2. The van der Waals surface area contributed by atoms with Gasteiger partial charge in [-0.1, -0.05) is 43.0 Å². The number of hydrogen-bond donors (Lipinski definition) is 1. The molecule has 0 bridgehead atoms. The van der Waals surface area contributed by atoms with Crippen LogP contribution in [0.1, 0.15) is 73.0 Å². The third-order valence-corrected chi connectivity index (χ3v) is 6.41. The lowest BCUT2D eigenvalue weighted by molar-refractivity contribution is -0.132. The minimum Gasteiger partial charge on any atom is -0.476 e. The number of hydrogen-bond acceptors (Lipinski definition) is 3. The standard InChI is InChI=1S/C26H32N2O3/c1-17-10-11-18(2)20(14-17)16-28-22-15-19(24(29)27-21-8-6-5-7-9-21)12-13-23(22)31-26(3,4)25(28)30/h10-15,21H,5-9,16H2,1-4H3,(H,27,29). The van der Waals surface area contributed by atoms with Crippen molar-refractivity contribution in [3.8, 4) is 5.75 Å². The summed E-state index contributed by atoms with van der Waals surface area (Å²) in [6.45, 7) is 8.13. The van der Waals surface area contributed by atoms with E-state index >= 15 is 0 Å². The Morgan fingerprint density at radius 1 is 1.10 bits per heavy atom. The van der Waals surface area contributed by atoms with Gasteiger partial charge in [-0.3, -0.25) is 9.59 Å². The zero-order valence-corrected chi connectivity index (χ0v) is 19.0. The molecule has 0 radical (unpaired) electrons.